The highest BCUT2D eigenvalue weighted by atomic mass is 32.2. The van der Waals surface area contributed by atoms with Crippen molar-refractivity contribution in [3.8, 4) is 6.07 Å². The summed E-state index contributed by atoms with van der Waals surface area (Å²) in [6, 6.07) is 9.71. The number of rotatable bonds is 5. The van der Waals surface area contributed by atoms with E-state index in [9.17, 15) is 8.42 Å². The molecule has 0 aliphatic heterocycles. The number of thioether (sulfide) groups is 1. The van der Waals surface area contributed by atoms with Crippen LogP contribution in [-0.2, 0) is 9.84 Å². The van der Waals surface area contributed by atoms with E-state index in [-0.39, 0.29) is 10.6 Å². The van der Waals surface area contributed by atoms with E-state index in [1.54, 1.807) is 24.4 Å². The number of aromatic nitrogens is 2. The second kappa shape index (κ2) is 6.50. The Bertz CT molecular complexity index is 725. The zero-order valence-electron chi connectivity index (χ0n) is 10.4. The molecule has 0 amide bonds. The van der Waals surface area contributed by atoms with Gasteiger partial charge in [-0.2, -0.15) is 5.26 Å². The fraction of sp³-hybridized carbons (Fsp3) is 0.154. The maximum absolute atomic E-state index is 12.1. The van der Waals surface area contributed by atoms with E-state index in [1.807, 2.05) is 6.07 Å². The van der Waals surface area contributed by atoms with Crippen LogP contribution in [0.15, 0.2) is 52.8 Å². The first-order chi connectivity index (χ1) is 9.62. The van der Waals surface area contributed by atoms with Crippen molar-refractivity contribution in [1.29, 1.82) is 5.26 Å². The van der Waals surface area contributed by atoms with Crippen LogP contribution in [0, 0.1) is 11.3 Å². The summed E-state index contributed by atoms with van der Waals surface area (Å²) in [5, 5.41) is 9.53. The Hall–Kier alpha value is -1.91. The summed E-state index contributed by atoms with van der Waals surface area (Å²) in [7, 11) is -3.38. The molecule has 0 bridgehead atoms. The van der Waals surface area contributed by atoms with Crippen LogP contribution in [0.2, 0.25) is 0 Å². The minimum Gasteiger partial charge on any atom is -0.245 e. The summed E-state index contributed by atoms with van der Waals surface area (Å²) in [6.07, 6.45) is 3.04. The largest absolute Gasteiger partial charge is 0.245 e. The van der Waals surface area contributed by atoms with Gasteiger partial charge in [0.15, 0.2) is 9.84 Å². The summed E-state index contributed by atoms with van der Waals surface area (Å²) in [5.74, 6) is 0.396. The molecule has 2 rings (SSSR count). The lowest BCUT2D eigenvalue weighted by molar-refractivity contribution is 0.597. The van der Waals surface area contributed by atoms with Crippen LogP contribution >= 0.6 is 11.8 Å². The van der Waals surface area contributed by atoms with Crippen molar-refractivity contribution in [3.05, 3.63) is 48.4 Å². The van der Waals surface area contributed by atoms with Crippen molar-refractivity contribution in [2.75, 3.05) is 11.5 Å². The minimum absolute atomic E-state index is 0.00342. The Balaban J connectivity index is 2.02. The van der Waals surface area contributed by atoms with Gasteiger partial charge in [0.05, 0.1) is 27.3 Å². The third kappa shape index (κ3) is 3.79. The third-order valence-electron chi connectivity index (χ3n) is 2.48. The number of nitrogens with zero attached hydrogens (tertiary/aromatic N) is 3. The van der Waals surface area contributed by atoms with Crippen LogP contribution in [0.25, 0.3) is 0 Å². The van der Waals surface area contributed by atoms with Gasteiger partial charge in [0.1, 0.15) is 6.33 Å². The van der Waals surface area contributed by atoms with Crippen LogP contribution in [-0.4, -0.2) is 29.9 Å². The standard InChI is InChI=1S/C13H11N3O2S2/c14-9-11-2-1-3-12(8-11)20(17,18)7-6-19-13-4-5-15-10-16-13/h1-5,8,10H,6-7H2. The normalized spacial score (nSPS) is 10.9. The van der Waals surface area contributed by atoms with Gasteiger partial charge in [-0.1, -0.05) is 6.07 Å². The quantitative estimate of drug-likeness (QED) is 0.620. The minimum atomic E-state index is -3.38. The molecule has 0 aliphatic carbocycles. The zero-order chi connectivity index (χ0) is 14.4. The molecule has 0 fully saturated rings. The van der Waals surface area contributed by atoms with Crippen molar-refractivity contribution in [1.82, 2.24) is 9.97 Å². The average Bonchev–Trinajstić information content (AvgIpc) is 2.48. The Morgan fingerprint density at radius 1 is 1.30 bits per heavy atom. The molecule has 0 atom stereocenters. The first-order valence-corrected chi connectivity index (χ1v) is 8.37. The highest BCUT2D eigenvalue weighted by Crippen LogP contribution is 2.18. The van der Waals surface area contributed by atoms with Gasteiger partial charge in [0, 0.05) is 11.9 Å². The first kappa shape index (κ1) is 14.5. The fourth-order valence-corrected chi connectivity index (χ4v) is 4.02. The van der Waals surface area contributed by atoms with Crippen molar-refractivity contribution < 1.29 is 8.42 Å². The maximum Gasteiger partial charge on any atom is 0.179 e. The van der Waals surface area contributed by atoms with Gasteiger partial charge >= 0.3 is 0 Å². The molecule has 0 saturated carbocycles. The molecular formula is C13H11N3O2S2. The number of benzene rings is 1. The summed E-state index contributed by atoms with van der Waals surface area (Å²) in [4.78, 5) is 7.99. The van der Waals surface area contributed by atoms with Crippen molar-refractivity contribution in [2.45, 2.75) is 9.92 Å². The molecule has 0 spiro atoms. The smallest absolute Gasteiger partial charge is 0.179 e. The molecule has 7 heteroatoms. The van der Waals surface area contributed by atoms with Crippen LogP contribution in [0.4, 0.5) is 0 Å². The first-order valence-electron chi connectivity index (χ1n) is 5.73. The lowest BCUT2D eigenvalue weighted by Crippen LogP contribution is -2.09. The Morgan fingerprint density at radius 2 is 2.15 bits per heavy atom. The monoisotopic (exact) mass is 305 g/mol. The van der Waals surface area contributed by atoms with E-state index in [4.69, 9.17) is 5.26 Å². The molecule has 0 saturated heterocycles. The molecule has 102 valence electrons. The molecule has 5 nitrogen and oxygen atoms in total. The predicted octanol–water partition coefficient (Wildman–Crippen LogP) is 1.91. The van der Waals surface area contributed by atoms with Crippen LogP contribution in [0.3, 0.4) is 0 Å². The predicted molar refractivity (Wildman–Crippen MR) is 76.0 cm³/mol. The molecule has 1 aromatic heterocycles. The second-order valence-electron chi connectivity index (χ2n) is 3.85. The van der Waals surface area contributed by atoms with Gasteiger partial charge in [0.2, 0.25) is 0 Å². The van der Waals surface area contributed by atoms with Crippen LogP contribution in [0.5, 0.6) is 0 Å². The van der Waals surface area contributed by atoms with E-state index in [2.05, 4.69) is 9.97 Å². The van der Waals surface area contributed by atoms with E-state index in [0.29, 0.717) is 11.3 Å². The lowest BCUT2D eigenvalue weighted by atomic mass is 10.2. The topological polar surface area (TPSA) is 83.7 Å². The molecule has 1 heterocycles. The Kier molecular flexibility index (Phi) is 4.71. The number of hydrogen-bond donors (Lipinski definition) is 0. The molecule has 1 aromatic carbocycles. The van der Waals surface area contributed by atoms with Gasteiger partial charge in [-0.25, -0.2) is 18.4 Å². The van der Waals surface area contributed by atoms with E-state index < -0.39 is 9.84 Å². The van der Waals surface area contributed by atoms with Crippen LogP contribution < -0.4 is 0 Å². The van der Waals surface area contributed by atoms with Crippen molar-refractivity contribution in [3.63, 3.8) is 0 Å². The second-order valence-corrected chi connectivity index (χ2v) is 7.08. The number of sulfone groups is 1. The van der Waals surface area contributed by atoms with Gasteiger partial charge in [-0.15, -0.1) is 11.8 Å². The Labute approximate surface area is 121 Å². The molecular weight excluding hydrogens is 294 g/mol. The molecule has 0 aliphatic rings. The Morgan fingerprint density at radius 3 is 2.85 bits per heavy atom. The molecule has 0 radical (unpaired) electrons. The summed E-state index contributed by atoms with van der Waals surface area (Å²) in [6.45, 7) is 0. The van der Waals surface area contributed by atoms with E-state index in [1.165, 1.54) is 30.2 Å². The molecule has 0 N–H and O–H groups in total. The maximum atomic E-state index is 12.1. The third-order valence-corrected chi connectivity index (χ3v) is 5.40. The van der Waals surface area contributed by atoms with E-state index in [0.717, 1.165) is 5.03 Å². The SMILES string of the molecule is N#Cc1cccc(S(=O)(=O)CCSc2ccncn2)c1. The van der Waals surface area contributed by atoms with Gasteiger partial charge in [-0.05, 0) is 24.3 Å². The average molecular weight is 305 g/mol. The van der Waals surface area contributed by atoms with E-state index >= 15 is 0 Å². The van der Waals surface area contributed by atoms with Gasteiger partial charge in [0.25, 0.3) is 0 Å². The lowest BCUT2D eigenvalue weighted by Gasteiger charge is -2.04. The van der Waals surface area contributed by atoms with Crippen molar-refractivity contribution in [2.24, 2.45) is 0 Å². The van der Waals surface area contributed by atoms with Gasteiger partial charge in [-0.3, -0.25) is 0 Å². The van der Waals surface area contributed by atoms with Crippen LogP contribution in [0.1, 0.15) is 5.56 Å². The highest BCUT2D eigenvalue weighted by Gasteiger charge is 2.14. The summed E-state index contributed by atoms with van der Waals surface area (Å²) < 4.78 is 24.3. The molecule has 20 heavy (non-hydrogen) atoms. The molecule has 0 unspecified atom stereocenters. The van der Waals surface area contributed by atoms with Gasteiger partial charge < -0.3 is 0 Å². The zero-order valence-corrected chi connectivity index (χ0v) is 12.1. The molecule has 2 aromatic rings. The number of hydrogen-bond acceptors (Lipinski definition) is 6. The summed E-state index contributed by atoms with van der Waals surface area (Å²) in [5.41, 5.74) is 0.342. The van der Waals surface area contributed by atoms with Crippen molar-refractivity contribution >= 4 is 21.6 Å². The highest BCUT2D eigenvalue weighted by molar-refractivity contribution is 8.00. The fourth-order valence-electron chi connectivity index (χ4n) is 1.50. The summed E-state index contributed by atoms with van der Waals surface area (Å²) >= 11 is 1.36. The number of nitriles is 1.